The fourth-order valence-electron chi connectivity index (χ4n) is 2.23. The summed E-state index contributed by atoms with van der Waals surface area (Å²) in [4.78, 5) is 23.0. The Balaban J connectivity index is 1.98. The van der Waals surface area contributed by atoms with Gasteiger partial charge in [-0.2, -0.15) is 0 Å². The van der Waals surface area contributed by atoms with E-state index in [0.29, 0.717) is 11.6 Å². The standard InChI is InChI=1S/C14H17ClN2O4/c1-21-14(5-2-6-14)8-16-13(20)17-11-4-3-9(15)7-10(11)12(18)19/h3-4,7H,2,5-6,8H2,1H3,(H,18,19)(H2,16,17,20). The van der Waals surface area contributed by atoms with E-state index in [2.05, 4.69) is 10.6 Å². The Hall–Kier alpha value is -1.79. The van der Waals surface area contributed by atoms with Crippen molar-refractivity contribution in [3.8, 4) is 0 Å². The van der Waals surface area contributed by atoms with Crippen LogP contribution in [0, 0.1) is 0 Å². The highest BCUT2D eigenvalue weighted by Gasteiger charge is 2.37. The molecule has 1 saturated carbocycles. The molecule has 0 aromatic heterocycles. The van der Waals surface area contributed by atoms with E-state index >= 15 is 0 Å². The molecule has 0 bridgehead atoms. The Kier molecular flexibility index (Phi) is 4.69. The summed E-state index contributed by atoms with van der Waals surface area (Å²) in [5.74, 6) is -1.15. The lowest BCUT2D eigenvalue weighted by molar-refractivity contribution is -0.0671. The molecule has 1 fully saturated rings. The summed E-state index contributed by atoms with van der Waals surface area (Å²) in [6, 6.07) is 3.80. The van der Waals surface area contributed by atoms with E-state index in [1.54, 1.807) is 7.11 Å². The van der Waals surface area contributed by atoms with Crippen molar-refractivity contribution in [2.45, 2.75) is 24.9 Å². The number of benzene rings is 1. The van der Waals surface area contributed by atoms with E-state index in [-0.39, 0.29) is 16.9 Å². The van der Waals surface area contributed by atoms with E-state index in [1.807, 2.05) is 0 Å². The third-order valence-corrected chi connectivity index (χ3v) is 3.96. The smallest absolute Gasteiger partial charge is 0.337 e. The zero-order valence-electron chi connectivity index (χ0n) is 11.6. The molecule has 0 atom stereocenters. The molecule has 0 saturated heterocycles. The van der Waals surface area contributed by atoms with Crippen LogP contribution in [0.4, 0.5) is 10.5 Å². The highest BCUT2D eigenvalue weighted by atomic mass is 35.5. The van der Waals surface area contributed by atoms with Gasteiger partial charge in [-0.25, -0.2) is 9.59 Å². The van der Waals surface area contributed by atoms with Crippen LogP contribution in [0.25, 0.3) is 0 Å². The van der Waals surface area contributed by atoms with E-state index in [4.69, 9.17) is 21.4 Å². The van der Waals surface area contributed by atoms with E-state index < -0.39 is 12.0 Å². The maximum Gasteiger partial charge on any atom is 0.337 e. The molecule has 1 aliphatic carbocycles. The average molecular weight is 313 g/mol. The predicted molar refractivity (Wildman–Crippen MR) is 79.0 cm³/mol. The van der Waals surface area contributed by atoms with Crippen molar-refractivity contribution in [3.63, 3.8) is 0 Å². The second kappa shape index (κ2) is 6.32. The molecule has 114 valence electrons. The molecule has 0 spiro atoms. The Morgan fingerprint density at radius 2 is 2.14 bits per heavy atom. The molecule has 0 unspecified atom stereocenters. The topological polar surface area (TPSA) is 87.7 Å². The molecule has 1 aromatic rings. The number of carboxylic acids is 1. The van der Waals surface area contributed by atoms with Crippen LogP contribution in [0.2, 0.25) is 5.02 Å². The zero-order chi connectivity index (χ0) is 15.5. The molecule has 6 nitrogen and oxygen atoms in total. The summed E-state index contributed by atoms with van der Waals surface area (Å²) < 4.78 is 5.40. The molecule has 0 radical (unpaired) electrons. The third-order valence-electron chi connectivity index (χ3n) is 3.73. The summed E-state index contributed by atoms with van der Waals surface area (Å²) in [5.41, 5.74) is -0.139. The summed E-state index contributed by atoms with van der Waals surface area (Å²) in [7, 11) is 1.63. The summed E-state index contributed by atoms with van der Waals surface area (Å²) >= 11 is 5.76. The maximum atomic E-state index is 11.9. The average Bonchev–Trinajstić information content (AvgIpc) is 2.40. The van der Waals surface area contributed by atoms with Crippen LogP contribution >= 0.6 is 11.6 Å². The third kappa shape index (κ3) is 3.65. The lowest BCUT2D eigenvalue weighted by Crippen LogP contribution is -2.50. The number of amides is 2. The van der Waals surface area contributed by atoms with Crippen LogP contribution in [0.1, 0.15) is 29.6 Å². The molecule has 2 rings (SSSR count). The summed E-state index contributed by atoms with van der Waals surface area (Å²) in [5, 5.41) is 14.6. The zero-order valence-corrected chi connectivity index (χ0v) is 12.4. The number of methoxy groups -OCH3 is 1. The van der Waals surface area contributed by atoms with E-state index in [9.17, 15) is 9.59 Å². The van der Waals surface area contributed by atoms with Gasteiger partial charge in [0.1, 0.15) is 0 Å². The number of hydrogen-bond acceptors (Lipinski definition) is 3. The van der Waals surface area contributed by atoms with Gasteiger partial charge in [0.2, 0.25) is 0 Å². The minimum atomic E-state index is -1.15. The number of rotatable bonds is 5. The van der Waals surface area contributed by atoms with Crippen LogP contribution in [-0.4, -0.2) is 36.4 Å². The van der Waals surface area contributed by atoms with Gasteiger partial charge in [0.05, 0.1) is 16.9 Å². The van der Waals surface area contributed by atoms with Crippen molar-refractivity contribution in [1.29, 1.82) is 0 Å². The molecular weight excluding hydrogens is 296 g/mol. The van der Waals surface area contributed by atoms with Crippen LogP contribution < -0.4 is 10.6 Å². The molecule has 0 aliphatic heterocycles. The number of anilines is 1. The second-order valence-electron chi connectivity index (χ2n) is 5.04. The van der Waals surface area contributed by atoms with Gasteiger partial charge < -0.3 is 20.5 Å². The summed E-state index contributed by atoms with van der Waals surface area (Å²) in [6.07, 6.45) is 2.90. The maximum absolute atomic E-state index is 11.9. The normalized spacial score (nSPS) is 15.9. The first-order chi connectivity index (χ1) is 9.96. The Labute approximate surface area is 127 Å². The fraction of sp³-hybridized carbons (Fsp3) is 0.429. The van der Waals surface area contributed by atoms with Gasteiger partial charge >= 0.3 is 12.0 Å². The monoisotopic (exact) mass is 312 g/mol. The van der Waals surface area contributed by atoms with Crippen LogP contribution in [0.15, 0.2) is 18.2 Å². The number of urea groups is 1. The molecule has 21 heavy (non-hydrogen) atoms. The lowest BCUT2D eigenvalue weighted by Gasteiger charge is -2.40. The van der Waals surface area contributed by atoms with Gasteiger partial charge in [-0.15, -0.1) is 0 Å². The van der Waals surface area contributed by atoms with Gasteiger partial charge in [0, 0.05) is 18.7 Å². The first-order valence-corrected chi connectivity index (χ1v) is 6.96. The number of nitrogens with one attached hydrogen (secondary N) is 2. The predicted octanol–water partition coefficient (Wildman–Crippen LogP) is 2.73. The van der Waals surface area contributed by atoms with Gasteiger partial charge in [-0.05, 0) is 37.5 Å². The molecule has 0 heterocycles. The van der Waals surface area contributed by atoms with Crippen molar-refractivity contribution in [3.05, 3.63) is 28.8 Å². The SMILES string of the molecule is COC1(CNC(=O)Nc2ccc(Cl)cc2C(=O)O)CCC1. The number of carbonyl (C=O) groups excluding carboxylic acids is 1. The van der Waals surface area contributed by atoms with Crippen LogP contribution in [-0.2, 0) is 4.74 Å². The van der Waals surface area contributed by atoms with Crippen molar-refractivity contribution >= 4 is 29.3 Å². The Morgan fingerprint density at radius 3 is 2.67 bits per heavy atom. The van der Waals surface area contributed by atoms with Crippen molar-refractivity contribution in [2.24, 2.45) is 0 Å². The van der Waals surface area contributed by atoms with Crippen molar-refractivity contribution < 1.29 is 19.4 Å². The molecule has 2 amide bonds. The Bertz CT molecular complexity index is 552. The van der Waals surface area contributed by atoms with Crippen molar-refractivity contribution in [1.82, 2.24) is 5.32 Å². The first kappa shape index (κ1) is 15.6. The van der Waals surface area contributed by atoms with Crippen LogP contribution in [0.3, 0.4) is 0 Å². The molecule has 1 aliphatic rings. The van der Waals surface area contributed by atoms with Gasteiger partial charge in [-0.1, -0.05) is 11.6 Å². The largest absolute Gasteiger partial charge is 0.478 e. The highest BCUT2D eigenvalue weighted by molar-refractivity contribution is 6.31. The van der Waals surface area contributed by atoms with Crippen molar-refractivity contribution in [2.75, 3.05) is 19.0 Å². The fourth-order valence-corrected chi connectivity index (χ4v) is 2.41. The first-order valence-electron chi connectivity index (χ1n) is 6.59. The van der Waals surface area contributed by atoms with Gasteiger partial charge in [0.15, 0.2) is 0 Å². The summed E-state index contributed by atoms with van der Waals surface area (Å²) in [6.45, 7) is 0.394. The molecule has 1 aromatic carbocycles. The minimum absolute atomic E-state index is 0.0530. The number of carbonyl (C=O) groups is 2. The van der Waals surface area contributed by atoms with E-state index in [1.165, 1.54) is 18.2 Å². The lowest BCUT2D eigenvalue weighted by atomic mass is 9.80. The van der Waals surface area contributed by atoms with Gasteiger partial charge in [-0.3, -0.25) is 0 Å². The molecular formula is C14H17ClN2O4. The molecule has 3 N–H and O–H groups in total. The highest BCUT2D eigenvalue weighted by Crippen LogP contribution is 2.34. The number of halogens is 1. The quantitative estimate of drug-likeness (QED) is 0.780. The minimum Gasteiger partial charge on any atom is -0.478 e. The number of hydrogen-bond donors (Lipinski definition) is 3. The number of aromatic carboxylic acids is 1. The number of ether oxygens (including phenoxy) is 1. The van der Waals surface area contributed by atoms with Crippen LogP contribution in [0.5, 0.6) is 0 Å². The second-order valence-corrected chi connectivity index (χ2v) is 5.48. The van der Waals surface area contributed by atoms with E-state index in [0.717, 1.165) is 19.3 Å². The molecule has 7 heteroatoms. The van der Waals surface area contributed by atoms with Gasteiger partial charge in [0.25, 0.3) is 0 Å². The number of carboxylic acid groups (broad SMARTS) is 1. The Morgan fingerprint density at radius 1 is 1.43 bits per heavy atom.